The van der Waals surface area contributed by atoms with Crippen molar-refractivity contribution in [2.45, 2.75) is 45.6 Å². The maximum absolute atomic E-state index is 13.5. The van der Waals surface area contributed by atoms with Crippen molar-refractivity contribution in [3.8, 4) is 5.75 Å². The summed E-state index contributed by atoms with van der Waals surface area (Å²) >= 11 is 6.42. The predicted octanol–water partition coefficient (Wildman–Crippen LogP) is 6.29. The van der Waals surface area contributed by atoms with Gasteiger partial charge in [-0.05, 0) is 59.4 Å². The van der Waals surface area contributed by atoms with Gasteiger partial charge in [-0.25, -0.2) is 0 Å². The van der Waals surface area contributed by atoms with Gasteiger partial charge in [0.2, 0.25) is 0 Å². The number of hydrogen-bond acceptors (Lipinski definition) is 5. The first-order valence-corrected chi connectivity index (χ1v) is 12.9. The molecule has 1 unspecified atom stereocenters. The molecule has 1 saturated heterocycles. The number of aliphatic hydroxyl groups excluding tert-OH is 1. The van der Waals surface area contributed by atoms with E-state index in [1.165, 1.54) is 11.0 Å². The number of aliphatic carboxylic acids is 1. The first-order chi connectivity index (χ1) is 18.4. The smallest absolute Gasteiger partial charge is 0.307 e. The number of ketones is 1. The Balaban J connectivity index is 1.91. The number of anilines is 1. The van der Waals surface area contributed by atoms with E-state index in [2.05, 4.69) is 20.8 Å². The summed E-state index contributed by atoms with van der Waals surface area (Å²) in [4.78, 5) is 39.4. The number of carbonyl (C=O) groups excluding carboxylic acids is 2. The predicted molar refractivity (Wildman–Crippen MR) is 150 cm³/mol. The van der Waals surface area contributed by atoms with Crippen molar-refractivity contribution in [2.75, 3.05) is 11.5 Å². The fraction of sp³-hybridized carbons (Fsp3) is 0.258. The highest BCUT2D eigenvalue weighted by molar-refractivity contribution is 6.52. The maximum Gasteiger partial charge on any atom is 0.307 e. The number of nitrogens with zero attached hydrogens (tertiary/aromatic N) is 1. The Labute approximate surface area is 232 Å². The Morgan fingerprint density at radius 1 is 0.974 bits per heavy atom. The lowest BCUT2D eigenvalue weighted by Crippen LogP contribution is -2.29. The topological polar surface area (TPSA) is 104 Å². The minimum absolute atomic E-state index is 0.103. The standard InChI is InChI=1S/C31H30ClNO6/c1-5-39-22-14-15-24(32)23(17-22)28(36)26-27(19-8-10-20(11-9-19)31(2,3)4)33(30(38)29(26)37)21-12-6-18(7-13-21)16-25(34)35/h6-15,17,27,36H,5,16H2,1-4H3,(H,34,35)/b28-26+. The average molecular weight is 548 g/mol. The lowest BCUT2D eigenvalue weighted by molar-refractivity contribution is -0.136. The summed E-state index contributed by atoms with van der Waals surface area (Å²) in [5, 5.41) is 20.8. The minimum Gasteiger partial charge on any atom is -0.507 e. The summed E-state index contributed by atoms with van der Waals surface area (Å²) in [5.74, 6) is -2.60. The molecule has 1 amide bonds. The lowest BCUT2D eigenvalue weighted by Gasteiger charge is -2.27. The van der Waals surface area contributed by atoms with Gasteiger partial charge < -0.3 is 14.9 Å². The molecule has 1 fully saturated rings. The maximum atomic E-state index is 13.5. The van der Waals surface area contributed by atoms with Crippen LogP contribution in [-0.4, -0.2) is 34.5 Å². The molecule has 3 aromatic carbocycles. The van der Waals surface area contributed by atoms with Crippen molar-refractivity contribution in [1.82, 2.24) is 0 Å². The van der Waals surface area contributed by atoms with E-state index in [0.717, 1.165) is 5.56 Å². The molecule has 1 aliphatic heterocycles. The molecule has 0 radical (unpaired) electrons. The van der Waals surface area contributed by atoms with Gasteiger partial charge in [0.1, 0.15) is 11.5 Å². The highest BCUT2D eigenvalue weighted by Crippen LogP contribution is 2.43. The van der Waals surface area contributed by atoms with E-state index in [0.29, 0.717) is 29.2 Å². The number of aliphatic hydroxyl groups is 1. The Bertz CT molecular complexity index is 1450. The summed E-state index contributed by atoms with van der Waals surface area (Å²) < 4.78 is 5.55. The Morgan fingerprint density at radius 2 is 1.62 bits per heavy atom. The first-order valence-electron chi connectivity index (χ1n) is 12.6. The summed E-state index contributed by atoms with van der Waals surface area (Å²) in [5.41, 5.74) is 2.58. The largest absolute Gasteiger partial charge is 0.507 e. The van der Waals surface area contributed by atoms with Crippen LogP contribution in [0.5, 0.6) is 5.75 Å². The van der Waals surface area contributed by atoms with E-state index in [9.17, 15) is 19.5 Å². The number of Topliss-reactive ketones (excluding diaryl/α,β-unsaturated/α-hetero) is 1. The number of rotatable bonds is 7. The number of carboxylic acid groups (broad SMARTS) is 1. The molecule has 202 valence electrons. The van der Waals surface area contributed by atoms with Crippen LogP contribution >= 0.6 is 11.6 Å². The molecule has 0 spiro atoms. The van der Waals surface area contributed by atoms with Crippen LogP contribution in [0.3, 0.4) is 0 Å². The second-order valence-electron chi connectivity index (χ2n) is 10.4. The van der Waals surface area contributed by atoms with E-state index < -0.39 is 29.5 Å². The quantitative estimate of drug-likeness (QED) is 0.205. The highest BCUT2D eigenvalue weighted by atomic mass is 35.5. The van der Waals surface area contributed by atoms with Gasteiger partial charge in [-0.2, -0.15) is 0 Å². The van der Waals surface area contributed by atoms with Crippen LogP contribution in [0, 0.1) is 0 Å². The van der Waals surface area contributed by atoms with Crippen molar-refractivity contribution in [2.24, 2.45) is 0 Å². The van der Waals surface area contributed by atoms with E-state index in [1.807, 2.05) is 31.2 Å². The number of benzene rings is 3. The van der Waals surface area contributed by atoms with Crippen molar-refractivity contribution in [1.29, 1.82) is 0 Å². The van der Waals surface area contributed by atoms with Crippen LogP contribution in [-0.2, 0) is 26.2 Å². The van der Waals surface area contributed by atoms with Crippen molar-refractivity contribution in [3.63, 3.8) is 0 Å². The fourth-order valence-corrected chi connectivity index (χ4v) is 4.82. The van der Waals surface area contributed by atoms with Crippen molar-refractivity contribution < 1.29 is 29.3 Å². The SMILES string of the molecule is CCOc1ccc(Cl)c(/C(O)=C2\C(=O)C(=O)N(c3ccc(CC(=O)O)cc3)C2c2ccc(C(C)(C)C)cc2)c1. The van der Waals surface area contributed by atoms with Crippen LogP contribution in [0.15, 0.2) is 72.3 Å². The van der Waals surface area contributed by atoms with Crippen LogP contribution in [0.25, 0.3) is 5.76 Å². The van der Waals surface area contributed by atoms with Gasteiger partial charge in [0.25, 0.3) is 11.7 Å². The molecule has 0 aliphatic carbocycles. The van der Waals surface area contributed by atoms with Crippen LogP contribution in [0.1, 0.15) is 56.0 Å². The number of ether oxygens (including phenoxy) is 1. The highest BCUT2D eigenvalue weighted by Gasteiger charge is 2.47. The number of hydrogen-bond donors (Lipinski definition) is 2. The van der Waals surface area contributed by atoms with E-state index in [1.54, 1.807) is 36.4 Å². The van der Waals surface area contributed by atoms with E-state index in [4.69, 9.17) is 21.4 Å². The zero-order valence-corrected chi connectivity index (χ0v) is 23.0. The molecular formula is C31H30ClNO6. The zero-order valence-electron chi connectivity index (χ0n) is 22.2. The van der Waals surface area contributed by atoms with Gasteiger partial charge in [-0.3, -0.25) is 19.3 Å². The molecule has 7 nitrogen and oxygen atoms in total. The van der Waals surface area contributed by atoms with E-state index in [-0.39, 0.29) is 28.0 Å². The molecule has 2 N–H and O–H groups in total. The lowest BCUT2D eigenvalue weighted by atomic mass is 9.85. The third-order valence-electron chi connectivity index (χ3n) is 6.61. The minimum atomic E-state index is -0.978. The Morgan fingerprint density at radius 3 is 2.18 bits per heavy atom. The van der Waals surface area contributed by atoms with Gasteiger partial charge in [0, 0.05) is 11.3 Å². The molecule has 4 rings (SSSR count). The zero-order chi connectivity index (χ0) is 28.5. The first kappa shape index (κ1) is 27.9. The monoisotopic (exact) mass is 547 g/mol. The third kappa shape index (κ3) is 5.68. The summed E-state index contributed by atoms with van der Waals surface area (Å²) in [6.07, 6.45) is -0.175. The third-order valence-corrected chi connectivity index (χ3v) is 6.94. The molecule has 1 atom stereocenters. The van der Waals surface area contributed by atoms with E-state index >= 15 is 0 Å². The van der Waals surface area contributed by atoms with Gasteiger partial charge in [0.05, 0.1) is 29.7 Å². The summed E-state index contributed by atoms with van der Waals surface area (Å²) in [6.45, 7) is 8.47. The number of halogens is 1. The Kier molecular flexibility index (Phi) is 7.84. The van der Waals surface area contributed by atoms with Gasteiger partial charge in [0.15, 0.2) is 0 Å². The normalized spacial score (nSPS) is 16.9. The molecule has 0 saturated carbocycles. The van der Waals surface area contributed by atoms with Crippen molar-refractivity contribution >= 4 is 40.7 Å². The van der Waals surface area contributed by atoms with Crippen LogP contribution in [0.4, 0.5) is 5.69 Å². The van der Waals surface area contributed by atoms with Gasteiger partial charge >= 0.3 is 5.97 Å². The molecular weight excluding hydrogens is 518 g/mol. The number of amides is 1. The average Bonchev–Trinajstić information content (AvgIpc) is 3.15. The van der Waals surface area contributed by atoms with Crippen LogP contribution in [0.2, 0.25) is 5.02 Å². The van der Waals surface area contributed by atoms with Crippen LogP contribution < -0.4 is 9.64 Å². The van der Waals surface area contributed by atoms with Gasteiger partial charge in [-0.1, -0.05) is 68.8 Å². The molecule has 0 bridgehead atoms. The molecule has 8 heteroatoms. The molecule has 1 heterocycles. The molecule has 0 aromatic heterocycles. The number of carbonyl (C=O) groups is 3. The van der Waals surface area contributed by atoms with Crippen molar-refractivity contribution in [3.05, 3.63) is 99.6 Å². The Hall–Kier alpha value is -4.10. The number of carboxylic acids is 1. The second kappa shape index (κ2) is 10.9. The summed E-state index contributed by atoms with van der Waals surface area (Å²) in [6, 6.07) is 17.8. The fourth-order valence-electron chi connectivity index (χ4n) is 4.62. The summed E-state index contributed by atoms with van der Waals surface area (Å²) in [7, 11) is 0. The molecule has 3 aromatic rings. The second-order valence-corrected chi connectivity index (χ2v) is 10.8. The molecule has 1 aliphatic rings. The molecule has 39 heavy (non-hydrogen) atoms. The van der Waals surface area contributed by atoms with Gasteiger partial charge in [-0.15, -0.1) is 0 Å².